The second kappa shape index (κ2) is 4.94. The molecule has 2 aliphatic rings. The monoisotopic (exact) mass is 324 g/mol. The van der Waals surface area contributed by atoms with Crippen molar-refractivity contribution in [3.8, 4) is 0 Å². The molecular formula is C14H21BN2O4S. The molecule has 0 atom stereocenters. The van der Waals surface area contributed by atoms with E-state index in [4.69, 9.17) is 9.31 Å². The number of nitrogens with zero attached hydrogens (tertiary/aromatic N) is 1. The van der Waals surface area contributed by atoms with E-state index in [9.17, 15) is 8.42 Å². The van der Waals surface area contributed by atoms with Crippen molar-refractivity contribution in [2.24, 2.45) is 0 Å². The van der Waals surface area contributed by atoms with Crippen LogP contribution in [0.5, 0.6) is 0 Å². The molecule has 1 aliphatic carbocycles. The van der Waals surface area contributed by atoms with Crippen LogP contribution in [-0.2, 0) is 19.3 Å². The van der Waals surface area contributed by atoms with Crippen molar-refractivity contribution in [1.82, 2.24) is 4.98 Å². The van der Waals surface area contributed by atoms with Crippen LogP contribution in [0.4, 0.5) is 5.69 Å². The molecule has 0 aromatic carbocycles. The Balaban J connectivity index is 1.89. The average Bonchev–Trinajstić information content (AvgIpc) is 3.19. The number of aromatic nitrogens is 1. The van der Waals surface area contributed by atoms with Gasteiger partial charge in [0.25, 0.3) is 0 Å². The maximum Gasteiger partial charge on any atom is 0.498 e. The molecule has 0 spiro atoms. The van der Waals surface area contributed by atoms with E-state index in [1.54, 1.807) is 18.5 Å². The molecule has 1 N–H and O–H groups in total. The Bertz CT molecular complexity index is 670. The number of sulfonamides is 1. The van der Waals surface area contributed by atoms with Crippen molar-refractivity contribution < 1.29 is 17.7 Å². The molecule has 2 heterocycles. The number of nitrogens with one attached hydrogen (secondary N) is 1. The van der Waals surface area contributed by atoms with Gasteiger partial charge in [-0.3, -0.25) is 9.71 Å². The van der Waals surface area contributed by atoms with Gasteiger partial charge in [-0.2, -0.15) is 0 Å². The molecule has 2 fully saturated rings. The Morgan fingerprint density at radius 1 is 1.23 bits per heavy atom. The van der Waals surface area contributed by atoms with Gasteiger partial charge in [0, 0.05) is 17.9 Å². The number of hydrogen-bond acceptors (Lipinski definition) is 5. The minimum absolute atomic E-state index is 0.285. The topological polar surface area (TPSA) is 77.5 Å². The summed E-state index contributed by atoms with van der Waals surface area (Å²) in [4.78, 5) is 4.08. The molecule has 1 saturated carbocycles. The number of anilines is 1. The van der Waals surface area contributed by atoms with E-state index in [-0.39, 0.29) is 5.25 Å². The molecule has 1 saturated heterocycles. The highest BCUT2D eigenvalue weighted by molar-refractivity contribution is 7.93. The lowest BCUT2D eigenvalue weighted by Crippen LogP contribution is -2.41. The Labute approximate surface area is 131 Å². The van der Waals surface area contributed by atoms with Crippen molar-refractivity contribution in [2.45, 2.75) is 57.0 Å². The Kier molecular flexibility index (Phi) is 3.54. The number of hydrogen-bond donors (Lipinski definition) is 1. The summed E-state index contributed by atoms with van der Waals surface area (Å²) in [5.41, 5.74) is 0.103. The molecule has 8 heteroatoms. The fourth-order valence-electron chi connectivity index (χ4n) is 2.27. The first-order valence-corrected chi connectivity index (χ1v) is 8.98. The van der Waals surface area contributed by atoms with Crippen LogP contribution >= 0.6 is 0 Å². The van der Waals surface area contributed by atoms with Gasteiger partial charge in [-0.25, -0.2) is 8.42 Å². The summed E-state index contributed by atoms with van der Waals surface area (Å²) in [6.45, 7) is 7.82. The fraction of sp³-hybridized carbons (Fsp3) is 0.643. The molecule has 1 aromatic heterocycles. The van der Waals surface area contributed by atoms with Gasteiger partial charge < -0.3 is 9.31 Å². The predicted octanol–water partition coefficient (Wildman–Crippen LogP) is 1.28. The van der Waals surface area contributed by atoms with Gasteiger partial charge in [-0.1, -0.05) is 0 Å². The third-order valence-corrected chi connectivity index (χ3v) is 6.43. The van der Waals surface area contributed by atoms with Crippen LogP contribution in [-0.4, -0.2) is 37.0 Å². The van der Waals surface area contributed by atoms with Gasteiger partial charge >= 0.3 is 7.12 Å². The number of rotatable bonds is 4. The van der Waals surface area contributed by atoms with Crippen LogP contribution in [0.1, 0.15) is 40.5 Å². The quantitative estimate of drug-likeness (QED) is 0.845. The van der Waals surface area contributed by atoms with Gasteiger partial charge in [0.2, 0.25) is 10.0 Å². The van der Waals surface area contributed by atoms with Crippen molar-refractivity contribution in [1.29, 1.82) is 0 Å². The van der Waals surface area contributed by atoms with E-state index in [1.165, 1.54) is 0 Å². The maximum absolute atomic E-state index is 12.2. The summed E-state index contributed by atoms with van der Waals surface area (Å²) < 4.78 is 39.0. The Hall–Kier alpha value is -1.12. The van der Waals surface area contributed by atoms with Crippen molar-refractivity contribution >= 4 is 28.3 Å². The molecule has 3 rings (SSSR count). The smallest absolute Gasteiger partial charge is 0.399 e. The van der Waals surface area contributed by atoms with Gasteiger partial charge in [-0.15, -0.1) is 0 Å². The van der Waals surface area contributed by atoms with E-state index in [2.05, 4.69) is 9.71 Å². The first kappa shape index (κ1) is 15.8. The lowest BCUT2D eigenvalue weighted by Gasteiger charge is -2.32. The largest absolute Gasteiger partial charge is 0.498 e. The van der Waals surface area contributed by atoms with Gasteiger partial charge in [0.15, 0.2) is 0 Å². The first-order chi connectivity index (χ1) is 10.1. The van der Waals surface area contributed by atoms with Crippen LogP contribution in [0, 0.1) is 0 Å². The predicted molar refractivity (Wildman–Crippen MR) is 85.5 cm³/mol. The SMILES string of the molecule is CC1(C)OB(c2cnccc2NS(=O)(=O)C2CC2)OC1(C)C. The summed E-state index contributed by atoms with van der Waals surface area (Å²) in [6, 6.07) is 1.64. The van der Waals surface area contributed by atoms with Crippen LogP contribution < -0.4 is 10.2 Å². The molecule has 6 nitrogen and oxygen atoms in total. The van der Waals surface area contributed by atoms with Gasteiger partial charge in [0.05, 0.1) is 22.1 Å². The van der Waals surface area contributed by atoms with E-state index in [0.29, 0.717) is 24.0 Å². The Morgan fingerprint density at radius 3 is 2.36 bits per heavy atom. The molecule has 22 heavy (non-hydrogen) atoms. The minimum Gasteiger partial charge on any atom is -0.399 e. The lowest BCUT2D eigenvalue weighted by molar-refractivity contribution is 0.00578. The summed E-state index contributed by atoms with van der Waals surface area (Å²) in [5, 5.41) is -0.285. The highest BCUT2D eigenvalue weighted by atomic mass is 32.2. The molecule has 0 amide bonds. The van der Waals surface area contributed by atoms with Gasteiger partial charge in [0.1, 0.15) is 0 Å². The molecule has 0 bridgehead atoms. The van der Waals surface area contributed by atoms with Crippen molar-refractivity contribution in [3.63, 3.8) is 0 Å². The minimum atomic E-state index is -3.34. The van der Waals surface area contributed by atoms with Crippen LogP contribution in [0.2, 0.25) is 0 Å². The standard InChI is InChI=1S/C14H21BN2O4S/c1-13(2)14(3,4)21-15(20-13)11-9-16-8-7-12(11)17-22(18,19)10-5-6-10/h7-10H,5-6H2,1-4H3,(H,16,17). The second-order valence-corrected chi connectivity index (χ2v) is 8.86. The summed E-state index contributed by atoms with van der Waals surface area (Å²) in [5.74, 6) is 0. The van der Waals surface area contributed by atoms with E-state index >= 15 is 0 Å². The zero-order chi connectivity index (χ0) is 16.2. The highest BCUT2D eigenvalue weighted by Crippen LogP contribution is 2.37. The van der Waals surface area contributed by atoms with E-state index < -0.39 is 28.3 Å². The highest BCUT2D eigenvalue weighted by Gasteiger charge is 2.52. The molecule has 1 aliphatic heterocycles. The lowest BCUT2D eigenvalue weighted by atomic mass is 9.79. The normalized spacial score (nSPS) is 23.5. The third-order valence-electron chi connectivity index (χ3n) is 4.57. The fourth-order valence-corrected chi connectivity index (χ4v) is 3.69. The van der Waals surface area contributed by atoms with Crippen LogP contribution in [0.15, 0.2) is 18.5 Å². The zero-order valence-electron chi connectivity index (χ0n) is 13.3. The second-order valence-electron chi connectivity index (χ2n) is 6.90. The maximum atomic E-state index is 12.2. The average molecular weight is 324 g/mol. The molecule has 0 unspecified atom stereocenters. The summed E-state index contributed by atoms with van der Waals surface area (Å²) in [7, 11) is -3.98. The van der Waals surface area contributed by atoms with Crippen LogP contribution in [0.25, 0.3) is 0 Å². The molecule has 0 radical (unpaired) electrons. The van der Waals surface area contributed by atoms with Crippen LogP contribution in [0.3, 0.4) is 0 Å². The summed E-state index contributed by atoms with van der Waals surface area (Å²) in [6.07, 6.45) is 4.57. The zero-order valence-corrected chi connectivity index (χ0v) is 14.1. The third kappa shape index (κ3) is 2.75. The molecular weight excluding hydrogens is 303 g/mol. The number of pyridine rings is 1. The van der Waals surface area contributed by atoms with E-state index in [1.807, 2.05) is 27.7 Å². The molecule has 1 aromatic rings. The first-order valence-electron chi connectivity index (χ1n) is 7.44. The summed E-state index contributed by atoms with van der Waals surface area (Å²) >= 11 is 0. The van der Waals surface area contributed by atoms with Gasteiger partial charge in [-0.05, 0) is 46.6 Å². The Morgan fingerprint density at radius 2 is 1.82 bits per heavy atom. The van der Waals surface area contributed by atoms with Crippen molar-refractivity contribution in [3.05, 3.63) is 18.5 Å². The van der Waals surface area contributed by atoms with E-state index in [0.717, 1.165) is 0 Å². The van der Waals surface area contributed by atoms with Crippen molar-refractivity contribution in [2.75, 3.05) is 4.72 Å². The molecule has 120 valence electrons.